The Morgan fingerprint density at radius 2 is 1.88 bits per heavy atom. The van der Waals surface area contributed by atoms with E-state index in [0.717, 1.165) is 5.56 Å². The van der Waals surface area contributed by atoms with Gasteiger partial charge in [-0.15, -0.1) is 0 Å². The summed E-state index contributed by atoms with van der Waals surface area (Å²) < 4.78 is 0. The SMILES string of the molecule is Cc1ccc(C)c2c(O)c([N+](=O)[O-])c(=O)[nH]c12. The maximum atomic E-state index is 11.5. The summed E-state index contributed by atoms with van der Waals surface area (Å²) in [6.45, 7) is 3.46. The zero-order chi connectivity index (χ0) is 12.7. The molecule has 0 saturated carbocycles. The number of nitrogens with one attached hydrogen (secondary N) is 1. The fraction of sp³-hybridized carbons (Fsp3) is 0.182. The van der Waals surface area contributed by atoms with Crippen molar-refractivity contribution in [2.75, 3.05) is 0 Å². The van der Waals surface area contributed by atoms with E-state index in [1.54, 1.807) is 26.0 Å². The van der Waals surface area contributed by atoms with Gasteiger partial charge in [-0.1, -0.05) is 12.1 Å². The molecular formula is C11H10N2O4. The Labute approximate surface area is 95.7 Å². The Hall–Kier alpha value is -2.37. The van der Waals surface area contributed by atoms with Crippen LogP contribution in [-0.2, 0) is 0 Å². The number of pyridine rings is 1. The van der Waals surface area contributed by atoms with Crippen molar-refractivity contribution >= 4 is 16.6 Å². The lowest BCUT2D eigenvalue weighted by Gasteiger charge is -2.07. The molecule has 0 unspecified atom stereocenters. The number of nitrogens with zero attached hydrogens (tertiary/aromatic N) is 1. The summed E-state index contributed by atoms with van der Waals surface area (Å²) in [5.74, 6) is -0.574. The molecule has 0 aliphatic rings. The number of hydrogen-bond acceptors (Lipinski definition) is 4. The van der Waals surface area contributed by atoms with Crippen LogP contribution in [-0.4, -0.2) is 15.0 Å². The van der Waals surface area contributed by atoms with E-state index in [2.05, 4.69) is 4.98 Å². The quantitative estimate of drug-likeness (QED) is 0.580. The van der Waals surface area contributed by atoms with E-state index in [4.69, 9.17) is 0 Å². The number of nitro groups is 1. The molecule has 1 heterocycles. The van der Waals surface area contributed by atoms with Gasteiger partial charge in [-0.05, 0) is 25.0 Å². The molecule has 0 aliphatic carbocycles. The normalized spacial score (nSPS) is 10.7. The van der Waals surface area contributed by atoms with Gasteiger partial charge in [0.25, 0.3) is 0 Å². The Balaban J connectivity index is 3.08. The zero-order valence-electron chi connectivity index (χ0n) is 9.27. The van der Waals surface area contributed by atoms with E-state index in [1.165, 1.54) is 0 Å². The first kappa shape index (κ1) is 11.1. The summed E-state index contributed by atoms with van der Waals surface area (Å²) in [6, 6.07) is 3.51. The average molecular weight is 234 g/mol. The minimum Gasteiger partial charge on any atom is -0.501 e. The molecule has 0 amide bonds. The van der Waals surface area contributed by atoms with Crippen LogP contribution in [0.2, 0.25) is 0 Å². The second-order valence-electron chi connectivity index (χ2n) is 3.86. The summed E-state index contributed by atoms with van der Waals surface area (Å²) in [6.07, 6.45) is 0. The molecule has 0 saturated heterocycles. The van der Waals surface area contributed by atoms with Gasteiger partial charge in [0.15, 0.2) is 0 Å². The van der Waals surface area contributed by atoms with Crippen LogP contribution in [0.5, 0.6) is 5.75 Å². The molecule has 0 aliphatic heterocycles. The van der Waals surface area contributed by atoms with Crippen molar-refractivity contribution in [1.82, 2.24) is 4.98 Å². The van der Waals surface area contributed by atoms with E-state index < -0.39 is 21.9 Å². The van der Waals surface area contributed by atoms with Crippen molar-refractivity contribution < 1.29 is 10.0 Å². The number of H-pyrrole nitrogens is 1. The standard InChI is InChI=1S/C11H10N2O4/c1-5-3-4-6(2)8-7(5)10(14)9(13(16)17)11(15)12-8/h3-4H,1-2H3,(H2,12,14,15). The van der Waals surface area contributed by atoms with Crippen LogP contribution in [0.1, 0.15) is 11.1 Å². The predicted octanol–water partition coefficient (Wildman–Crippen LogP) is 1.76. The lowest BCUT2D eigenvalue weighted by atomic mass is 10.0. The summed E-state index contributed by atoms with van der Waals surface area (Å²) in [5, 5.41) is 20.9. The van der Waals surface area contributed by atoms with E-state index in [9.17, 15) is 20.0 Å². The fourth-order valence-corrected chi connectivity index (χ4v) is 1.85. The molecule has 0 atom stereocenters. The van der Waals surface area contributed by atoms with Crippen molar-refractivity contribution in [3.63, 3.8) is 0 Å². The Bertz CT molecular complexity index is 688. The number of aromatic hydroxyl groups is 1. The topological polar surface area (TPSA) is 96.2 Å². The molecule has 1 aromatic carbocycles. The molecule has 2 rings (SSSR count). The number of aromatic nitrogens is 1. The van der Waals surface area contributed by atoms with Crippen molar-refractivity contribution in [1.29, 1.82) is 0 Å². The van der Waals surface area contributed by atoms with Crippen LogP contribution in [0.3, 0.4) is 0 Å². The van der Waals surface area contributed by atoms with Crippen LogP contribution >= 0.6 is 0 Å². The second-order valence-corrected chi connectivity index (χ2v) is 3.86. The van der Waals surface area contributed by atoms with E-state index in [1.807, 2.05) is 0 Å². The molecule has 6 heteroatoms. The highest BCUT2D eigenvalue weighted by Gasteiger charge is 2.23. The van der Waals surface area contributed by atoms with Crippen molar-refractivity contribution in [3.05, 3.63) is 43.7 Å². The van der Waals surface area contributed by atoms with E-state index in [0.29, 0.717) is 16.5 Å². The first-order valence-electron chi connectivity index (χ1n) is 4.93. The number of aromatic amines is 1. The highest BCUT2D eigenvalue weighted by atomic mass is 16.6. The number of aryl methyl sites for hydroxylation is 2. The first-order chi connectivity index (χ1) is 7.93. The van der Waals surface area contributed by atoms with Crippen molar-refractivity contribution in [3.8, 4) is 5.75 Å². The van der Waals surface area contributed by atoms with Gasteiger partial charge in [0.05, 0.1) is 15.8 Å². The van der Waals surface area contributed by atoms with Gasteiger partial charge >= 0.3 is 11.2 Å². The van der Waals surface area contributed by atoms with Gasteiger partial charge in [0.2, 0.25) is 5.75 Å². The lowest BCUT2D eigenvalue weighted by molar-refractivity contribution is -0.387. The molecule has 1 aromatic heterocycles. The van der Waals surface area contributed by atoms with Gasteiger partial charge in [-0.25, -0.2) is 0 Å². The van der Waals surface area contributed by atoms with Crippen molar-refractivity contribution in [2.24, 2.45) is 0 Å². The summed E-state index contributed by atoms with van der Waals surface area (Å²) >= 11 is 0. The Morgan fingerprint density at radius 1 is 1.29 bits per heavy atom. The Morgan fingerprint density at radius 3 is 2.47 bits per heavy atom. The highest BCUT2D eigenvalue weighted by Crippen LogP contribution is 2.33. The predicted molar refractivity (Wildman–Crippen MR) is 62.4 cm³/mol. The van der Waals surface area contributed by atoms with E-state index >= 15 is 0 Å². The third-order valence-electron chi connectivity index (χ3n) is 2.72. The number of hydrogen-bond donors (Lipinski definition) is 2. The molecule has 0 spiro atoms. The molecule has 17 heavy (non-hydrogen) atoms. The summed E-state index contributed by atoms with van der Waals surface area (Å²) in [5.41, 5.74) is 0.133. The van der Waals surface area contributed by atoms with Crippen LogP contribution in [0.15, 0.2) is 16.9 Å². The van der Waals surface area contributed by atoms with Crippen LogP contribution in [0.25, 0.3) is 10.9 Å². The minimum absolute atomic E-state index is 0.316. The molecule has 6 nitrogen and oxygen atoms in total. The minimum atomic E-state index is -0.895. The van der Waals surface area contributed by atoms with Crippen molar-refractivity contribution in [2.45, 2.75) is 13.8 Å². The zero-order valence-corrected chi connectivity index (χ0v) is 9.27. The summed E-state index contributed by atoms with van der Waals surface area (Å²) in [4.78, 5) is 23.8. The largest absolute Gasteiger partial charge is 0.501 e. The first-order valence-corrected chi connectivity index (χ1v) is 4.93. The fourth-order valence-electron chi connectivity index (χ4n) is 1.85. The summed E-state index contributed by atoms with van der Waals surface area (Å²) in [7, 11) is 0. The maximum absolute atomic E-state index is 11.5. The van der Waals surface area contributed by atoms with E-state index in [-0.39, 0.29) is 0 Å². The molecule has 0 fully saturated rings. The third-order valence-corrected chi connectivity index (χ3v) is 2.72. The average Bonchev–Trinajstić information content (AvgIpc) is 2.22. The number of rotatable bonds is 1. The van der Waals surface area contributed by atoms with Gasteiger partial charge in [0.1, 0.15) is 0 Å². The molecular weight excluding hydrogens is 224 g/mol. The number of benzene rings is 1. The van der Waals surface area contributed by atoms with Gasteiger partial charge in [-0.2, -0.15) is 0 Å². The van der Waals surface area contributed by atoms with Crippen LogP contribution in [0.4, 0.5) is 5.69 Å². The number of fused-ring (bicyclic) bond motifs is 1. The molecule has 0 bridgehead atoms. The second kappa shape index (κ2) is 3.58. The monoisotopic (exact) mass is 234 g/mol. The lowest BCUT2D eigenvalue weighted by Crippen LogP contribution is -2.12. The van der Waals surface area contributed by atoms with Crippen LogP contribution in [0, 0.1) is 24.0 Å². The molecule has 2 N–H and O–H groups in total. The van der Waals surface area contributed by atoms with Gasteiger partial charge in [-0.3, -0.25) is 14.9 Å². The smallest absolute Gasteiger partial charge is 0.375 e. The van der Waals surface area contributed by atoms with Crippen LogP contribution < -0.4 is 5.56 Å². The third kappa shape index (κ3) is 1.54. The maximum Gasteiger partial charge on any atom is 0.375 e. The van der Waals surface area contributed by atoms with Gasteiger partial charge in [0, 0.05) is 0 Å². The molecule has 2 aromatic rings. The highest BCUT2D eigenvalue weighted by molar-refractivity contribution is 5.92. The molecule has 88 valence electrons. The van der Waals surface area contributed by atoms with Gasteiger partial charge < -0.3 is 10.1 Å². The molecule has 0 radical (unpaired) electrons. The Kier molecular flexibility index (Phi) is 2.35.